The van der Waals surface area contributed by atoms with E-state index in [1.807, 2.05) is 0 Å². The predicted octanol–water partition coefficient (Wildman–Crippen LogP) is 0.594. The van der Waals surface area contributed by atoms with Crippen molar-refractivity contribution in [3.05, 3.63) is 0 Å². The van der Waals surface area contributed by atoms with Crippen molar-refractivity contribution in [2.45, 2.75) is 19.3 Å². The molecule has 6 heteroatoms. The van der Waals surface area contributed by atoms with Gasteiger partial charge in [-0.3, -0.25) is 9.59 Å². The molecule has 0 aliphatic rings. The summed E-state index contributed by atoms with van der Waals surface area (Å²) in [5.41, 5.74) is 10.0. The number of carbonyl (C=O) groups is 2. The van der Waals surface area contributed by atoms with Gasteiger partial charge in [-0.2, -0.15) is 23.5 Å². The highest BCUT2D eigenvalue weighted by Crippen LogP contribution is 2.09. The van der Waals surface area contributed by atoms with Gasteiger partial charge in [0.1, 0.15) is 0 Å². The highest BCUT2D eigenvalue weighted by Gasteiger charge is 1.96. The molecule has 88 valence electrons. The van der Waals surface area contributed by atoms with Crippen LogP contribution in [0.1, 0.15) is 19.3 Å². The minimum Gasteiger partial charge on any atom is -0.370 e. The van der Waals surface area contributed by atoms with Crippen molar-refractivity contribution in [1.82, 2.24) is 0 Å². The Labute approximate surface area is 98.9 Å². The summed E-state index contributed by atoms with van der Waals surface area (Å²) in [5.74, 6) is 3.22. The van der Waals surface area contributed by atoms with Crippen LogP contribution in [-0.2, 0) is 9.59 Å². The van der Waals surface area contributed by atoms with Crippen molar-refractivity contribution in [3.63, 3.8) is 0 Å². The van der Waals surface area contributed by atoms with E-state index in [0.717, 1.165) is 29.4 Å². The lowest BCUT2D eigenvalue weighted by atomic mass is 10.5. The Morgan fingerprint density at radius 3 is 1.53 bits per heavy atom. The molecule has 0 aliphatic heterocycles. The van der Waals surface area contributed by atoms with Gasteiger partial charge in [-0.1, -0.05) is 0 Å². The van der Waals surface area contributed by atoms with Crippen molar-refractivity contribution in [2.24, 2.45) is 11.5 Å². The van der Waals surface area contributed by atoms with Gasteiger partial charge in [0, 0.05) is 24.3 Å². The Kier molecular flexibility index (Phi) is 9.92. The summed E-state index contributed by atoms with van der Waals surface area (Å²) in [5, 5.41) is 0. The van der Waals surface area contributed by atoms with Crippen LogP contribution in [0, 0.1) is 0 Å². The maximum atomic E-state index is 10.4. The molecular weight excluding hydrogens is 232 g/mol. The van der Waals surface area contributed by atoms with E-state index in [0.29, 0.717) is 12.8 Å². The number of rotatable bonds is 10. The monoisotopic (exact) mass is 250 g/mol. The Hall–Kier alpha value is -0.360. The fraction of sp³-hybridized carbons (Fsp3) is 0.778. The topological polar surface area (TPSA) is 86.2 Å². The summed E-state index contributed by atoms with van der Waals surface area (Å²) in [7, 11) is 0. The Balaban J connectivity index is 2.99. The van der Waals surface area contributed by atoms with E-state index < -0.39 is 0 Å². The molecule has 0 saturated carbocycles. The van der Waals surface area contributed by atoms with E-state index >= 15 is 0 Å². The van der Waals surface area contributed by atoms with E-state index in [1.165, 1.54) is 0 Å². The lowest BCUT2D eigenvalue weighted by Gasteiger charge is -2.00. The second-order valence-electron chi connectivity index (χ2n) is 3.01. The SMILES string of the molecule is NC(=O)CCSCCCSCCC(N)=O. The third-order valence-corrected chi connectivity index (χ3v) is 3.70. The van der Waals surface area contributed by atoms with Crippen LogP contribution in [0.2, 0.25) is 0 Å². The van der Waals surface area contributed by atoms with Gasteiger partial charge in [-0.05, 0) is 17.9 Å². The lowest BCUT2D eigenvalue weighted by Crippen LogP contribution is -2.11. The van der Waals surface area contributed by atoms with Gasteiger partial charge < -0.3 is 11.5 Å². The number of carbonyl (C=O) groups excluding carboxylic acids is 2. The van der Waals surface area contributed by atoms with Gasteiger partial charge in [0.25, 0.3) is 0 Å². The molecule has 4 N–H and O–H groups in total. The van der Waals surface area contributed by atoms with E-state index in [1.54, 1.807) is 23.5 Å². The molecule has 2 amide bonds. The predicted molar refractivity (Wildman–Crippen MR) is 66.9 cm³/mol. The average Bonchev–Trinajstić information content (AvgIpc) is 2.14. The third-order valence-electron chi connectivity index (χ3n) is 1.56. The fourth-order valence-electron chi connectivity index (χ4n) is 0.813. The quantitative estimate of drug-likeness (QED) is 0.556. The summed E-state index contributed by atoms with van der Waals surface area (Å²) in [6, 6.07) is 0. The van der Waals surface area contributed by atoms with Crippen LogP contribution < -0.4 is 11.5 Å². The van der Waals surface area contributed by atoms with Crippen molar-refractivity contribution in [1.29, 1.82) is 0 Å². The van der Waals surface area contributed by atoms with Crippen molar-refractivity contribution < 1.29 is 9.59 Å². The normalized spacial score (nSPS) is 10.1. The maximum absolute atomic E-state index is 10.4. The van der Waals surface area contributed by atoms with Crippen LogP contribution in [0.5, 0.6) is 0 Å². The third kappa shape index (κ3) is 13.6. The first-order valence-electron chi connectivity index (χ1n) is 4.85. The molecule has 0 rings (SSSR count). The molecule has 0 aliphatic carbocycles. The van der Waals surface area contributed by atoms with Crippen LogP contribution in [-0.4, -0.2) is 34.8 Å². The van der Waals surface area contributed by atoms with Gasteiger partial charge in [0.05, 0.1) is 0 Å². The van der Waals surface area contributed by atoms with Crippen LogP contribution in [0.3, 0.4) is 0 Å². The van der Waals surface area contributed by atoms with E-state index in [4.69, 9.17) is 11.5 Å². The van der Waals surface area contributed by atoms with E-state index in [-0.39, 0.29) is 11.8 Å². The van der Waals surface area contributed by atoms with Crippen LogP contribution in [0.4, 0.5) is 0 Å². The second-order valence-corrected chi connectivity index (χ2v) is 5.46. The fourth-order valence-corrected chi connectivity index (χ4v) is 2.79. The first kappa shape index (κ1) is 14.6. The summed E-state index contributed by atoms with van der Waals surface area (Å²) >= 11 is 3.48. The summed E-state index contributed by atoms with van der Waals surface area (Å²) in [4.78, 5) is 20.8. The van der Waals surface area contributed by atoms with Gasteiger partial charge in [0.2, 0.25) is 11.8 Å². The van der Waals surface area contributed by atoms with Gasteiger partial charge in [-0.25, -0.2) is 0 Å². The first-order chi connectivity index (χ1) is 7.13. The molecule has 0 aromatic carbocycles. The first-order valence-corrected chi connectivity index (χ1v) is 7.16. The summed E-state index contributed by atoms with van der Waals surface area (Å²) < 4.78 is 0. The smallest absolute Gasteiger partial charge is 0.218 e. The maximum Gasteiger partial charge on any atom is 0.218 e. The Morgan fingerprint density at radius 1 is 0.800 bits per heavy atom. The molecule has 0 aromatic rings. The number of thioether (sulfide) groups is 2. The van der Waals surface area contributed by atoms with E-state index in [2.05, 4.69) is 0 Å². The molecule has 0 bridgehead atoms. The Bertz CT molecular complexity index is 181. The van der Waals surface area contributed by atoms with Crippen LogP contribution in [0.25, 0.3) is 0 Å². The second kappa shape index (κ2) is 10.2. The summed E-state index contributed by atoms with van der Waals surface area (Å²) in [6.07, 6.45) is 2.01. The lowest BCUT2D eigenvalue weighted by molar-refractivity contribution is -0.118. The van der Waals surface area contributed by atoms with Gasteiger partial charge in [0.15, 0.2) is 0 Å². The molecule has 15 heavy (non-hydrogen) atoms. The molecule has 0 saturated heterocycles. The van der Waals surface area contributed by atoms with Crippen LogP contribution in [0.15, 0.2) is 0 Å². The molecule has 0 spiro atoms. The average molecular weight is 250 g/mol. The largest absolute Gasteiger partial charge is 0.370 e. The van der Waals surface area contributed by atoms with Crippen molar-refractivity contribution in [2.75, 3.05) is 23.0 Å². The molecule has 0 atom stereocenters. The molecule has 4 nitrogen and oxygen atoms in total. The molecule has 0 unspecified atom stereocenters. The zero-order valence-electron chi connectivity index (χ0n) is 8.74. The minimum absolute atomic E-state index is 0.238. The summed E-state index contributed by atoms with van der Waals surface area (Å²) in [6.45, 7) is 0. The van der Waals surface area contributed by atoms with Gasteiger partial charge in [-0.15, -0.1) is 0 Å². The minimum atomic E-state index is -0.238. The van der Waals surface area contributed by atoms with Crippen molar-refractivity contribution in [3.8, 4) is 0 Å². The zero-order valence-corrected chi connectivity index (χ0v) is 10.4. The number of amides is 2. The number of primary amides is 2. The van der Waals surface area contributed by atoms with Crippen LogP contribution >= 0.6 is 23.5 Å². The zero-order chi connectivity index (χ0) is 11.5. The highest BCUT2D eigenvalue weighted by atomic mass is 32.2. The standard InChI is InChI=1S/C9H18N2O2S2/c10-8(12)2-6-14-4-1-5-15-7-3-9(11)13/h1-7H2,(H2,10,12)(H2,11,13). The number of nitrogens with two attached hydrogens (primary N) is 2. The molecular formula is C9H18N2O2S2. The number of hydrogen-bond acceptors (Lipinski definition) is 4. The Morgan fingerprint density at radius 2 is 1.20 bits per heavy atom. The highest BCUT2D eigenvalue weighted by molar-refractivity contribution is 8.00. The number of hydrogen-bond donors (Lipinski definition) is 2. The van der Waals surface area contributed by atoms with E-state index in [9.17, 15) is 9.59 Å². The molecule has 0 fully saturated rings. The molecule has 0 radical (unpaired) electrons. The van der Waals surface area contributed by atoms with Gasteiger partial charge >= 0.3 is 0 Å². The molecule has 0 heterocycles. The van der Waals surface area contributed by atoms with Crippen molar-refractivity contribution >= 4 is 35.3 Å². The molecule has 0 aromatic heterocycles.